The normalized spacial score (nSPS) is 20.7. The molecule has 4 nitrogen and oxygen atoms in total. The Labute approximate surface area is 95.2 Å². The van der Waals surface area contributed by atoms with E-state index in [0.29, 0.717) is 25.1 Å². The van der Waals surface area contributed by atoms with Crippen LogP contribution in [-0.2, 0) is 14.3 Å². The number of amides is 1. The van der Waals surface area contributed by atoms with Crippen LogP contribution in [0.4, 0.5) is 0 Å². The summed E-state index contributed by atoms with van der Waals surface area (Å²) in [4.78, 5) is 22.1. The largest absolute Gasteiger partial charge is 0.441 e. The average Bonchev–Trinajstić information content (AvgIpc) is 2.65. The third-order valence-corrected chi connectivity index (χ3v) is 3.31. The summed E-state index contributed by atoms with van der Waals surface area (Å²) in [6.45, 7) is 2.21. The van der Waals surface area contributed by atoms with Crippen LogP contribution in [0.2, 0.25) is 0 Å². The van der Waals surface area contributed by atoms with Gasteiger partial charge in [0.15, 0.2) is 5.72 Å². The third-order valence-electron chi connectivity index (χ3n) is 2.76. The van der Waals surface area contributed by atoms with Crippen LogP contribution in [0.15, 0.2) is 0 Å². The van der Waals surface area contributed by atoms with Crippen LogP contribution in [0.1, 0.15) is 32.6 Å². The quantitative estimate of drug-likeness (QED) is 0.423. The molecule has 0 aromatic carbocycles. The predicted octanol–water partition coefficient (Wildman–Crippen LogP) is 1.11. The summed E-state index contributed by atoms with van der Waals surface area (Å²) in [5.41, 5.74) is -0.754. The van der Waals surface area contributed by atoms with Gasteiger partial charge >= 0.3 is 0 Å². The molecule has 1 amide bonds. The fourth-order valence-electron chi connectivity index (χ4n) is 1.74. The summed E-state index contributed by atoms with van der Waals surface area (Å²) >= 11 is 4.06. The smallest absolute Gasteiger partial charge is 0.295 e. The van der Waals surface area contributed by atoms with Gasteiger partial charge in [-0.25, -0.2) is 0 Å². The molecule has 0 aromatic heterocycles. The fraction of sp³-hybridized carbons (Fsp3) is 0.800. The standard InChI is InChI=1S/C10H17NO3S/c1-8(6-15)9(13)11-10(14-7-12)4-2-3-5-10/h7-8,15H,2-6H2,1H3,(H,11,13). The Morgan fingerprint density at radius 1 is 1.60 bits per heavy atom. The number of carbonyl (C=O) groups excluding carboxylic acids is 2. The van der Waals surface area contributed by atoms with E-state index in [1.807, 2.05) is 0 Å². The van der Waals surface area contributed by atoms with Crippen molar-refractivity contribution in [1.29, 1.82) is 0 Å². The van der Waals surface area contributed by atoms with E-state index >= 15 is 0 Å². The fourth-order valence-corrected chi connectivity index (χ4v) is 1.91. The Morgan fingerprint density at radius 2 is 2.20 bits per heavy atom. The molecule has 86 valence electrons. The van der Waals surface area contributed by atoms with Crippen LogP contribution < -0.4 is 5.32 Å². The first-order valence-electron chi connectivity index (χ1n) is 5.18. The predicted molar refractivity (Wildman–Crippen MR) is 59.5 cm³/mol. The van der Waals surface area contributed by atoms with E-state index < -0.39 is 5.72 Å². The molecule has 1 fully saturated rings. The Hall–Kier alpha value is -0.710. The monoisotopic (exact) mass is 231 g/mol. The number of rotatable bonds is 5. The Morgan fingerprint density at radius 3 is 2.67 bits per heavy atom. The first kappa shape index (κ1) is 12.4. The van der Waals surface area contributed by atoms with Gasteiger partial charge in [0.2, 0.25) is 5.91 Å². The first-order chi connectivity index (χ1) is 7.13. The highest BCUT2D eigenvalue weighted by molar-refractivity contribution is 7.80. The molecule has 5 heteroatoms. The minimum Gasteiger partial charge on any atom is -0.441 e. The van der Waals surface area contributed by atoms with Gasteiger partial charge in [0, 0.05) is 24.5 Å². The molecule has 1 saturated carbocycles. The Balaban J connectivity index is 2.58. The van der Waals surface area contributed by atoms with Gasteiger partial charge in [0.1, 0.15) is 0 Å². The van der Waals surface area contributed by atoms with Crippen molar-refractivity contribution < 1.29 is 14.3 Å². The summed E-state index contributed by atoms with van der Waals surface area (Å²) in [5.74, 6) is 0.220. The van der Waals surface area contributed by atoms with Crippen molar-refractivity contribution in [3.05, 3.63) is 0 Å². The molecular weight excluding hydrogens is 214 g/mol. The number of thiol groups is 1. The van der Waals surface area contributed by atoms with E-state index in [9.17, 15) is 9.59 Å². The molecule has 1 N–H and O–H groups in total. The third kappa shape index (κ3) is 3.12. The van der Waals surface area contributed by atoms with Crippen LogP contribution in [0.25, 0.3) is 0 Å². The second kappa shape index (κ2) is 5.39. The molecule has 0 bridgehead atoms. The highest BCUT2D eigenvalue weighted by Gasteiger charge is 2.37. The van der Waals surface area contributed by atoms with Gasteiger partial charge in [-0.1, -0.05) is 6.92 Å². The molecule has 0 radical (unpaired) electrons. The number of carbonyl (C=O) groups is 2. The maximum Gasteiger partial charge on any atom is 0.295 e. The van der Waals surface area contributed by atoms with Crippen molar-refractivity contribution in [3.8, 4) is 0 Å². The highest BCUT2D eigenvalue weighted by Crippen LogP contribution is 2.30. The molecule has 0 spiro atoms. The lowest BCUT2D eigenvalue weighted by Crippen LogP contribution is -2.50. The van der Waals surface area contributed by atoms with Crippen molar-refractivity contribution in [2.75, 3.05) is 5.75 Å². The van der Waals surface area contributed by atoms with Gasteiger partial charge in [-0.2, -0.15) is 12.6 Å². The molecule has 1 aliphatic rings. The molecule has 0 aromatic rings. The average molecular weight is 231 g/mol. The van der Waals surface area contributed by atoms with Crippen molar-refractivity contribution in [1.82, 2.24) is 5.32 Å². The van der Waals surface area contributed by atoms with Gasteiger partial charge in [0.05, 0.1) is 0 Å². The summed E-state index contributed by atoms with van der Waals surface area (Å²) in [6, 6.07) is 0. The van der Waals surface area contributed by atoms with Crippen molar-refractivity contribution >= 4 is 25.0 Å². The second-order valence-corrected chi connectivity index (χ2v) is 4.35. The van der Waals surface area contributed by atoms with Crippen LogP contribution in [0.3, 0.4) is 0 Å². The summed E-state index contributed by atoms with van der Waals surface area (Å²) in [5, 5.41) is 2.80. The zero-order chi connectivity index (χ0) is 11.3. The van der Waals surface area contributed by atoms with E-state index in [2.05, 4.69) is 17.9 Å². The maximum absolute atomic E-state index is 11.7. The lowest BCUT2D eigenvalue weighted by atomic mass is 10.1. The number of nitrogens with one attached hydrogen (secondary N) is 1. The maximum atomic E-state index is 11.7. The van der Waals surface area contributed by atoms with Crippen molar-refractivity contribution in [2.45, 2.75) is 38.3 Å². The molecule has 0 saturated heterocycles. The summed E-state index contributed by atoms with van der Waals surface area (Å²) < 4.78 is 5.02. The molecule has 15 heavy (non-hydrogen) atoms. The second-order valence-electron chi connectivity index (χ2n) is 3.99. The summed E-state index contributed by atoms with van der Waals surface area (Å²) in [6.07, 6.45) is 3.36. The summed E-state index contributed by atoms with van der Waals surface area (Å²) in [7, 11) is 0. The molecular formula is C10H17NO3S. The Kier molecular flexibility index (Phi) is 4.45. The lowest BCUT2D eigenvalue weighted by Gasteiger charge is -2.29. The molecule has 1 rings (SSSR count). The van der Waals surface area contributed by atoms with Gasteiger partial charge in [-0.05, 0) is 12.8 Å². The molecule has 0 heterocycles. The SMILES string of the molecule is CC(CS)C(=O)NC1(OC=O)CCCC1. The van der Waals surface area contributed by atoms with Gasteiger partial charge < -0.3 is 10.1 Å². The van der Waals surface area contributed by atoms with Gasteiger partial charge in [-0.3, -0.25) is 9.59 Å². The lowest BCUT2D eigenvalue weighted by molar-refractivity contribution is -0.151. The number of hydrogen-bond acceptors (Lipinski definition) is 4. The minimum atomic E-state index is -0.754. The molecule has 0 aliphatic heterocycles. The van der Waals surface area contributed by atoms with Gasteiger partial charge in [-0.15, -0.1) is 0 Å². The van der Waals surface area contributed by atoms with E-state index in [1.165, 1.54) is 0 Å². The molecule has 1 unspecified atom stereocenters. The first-order valence-corrected chi connectivity index (χ1v) is 5.81. The molecule has 1 aliphatic carbocycles. The van der Waals surface area contributed by atoms with E-state index in [4.69, 9.17) is 4.74 Å². The zero-order valence-corrected chi connectivity index (χ0v) is 9.76. The minimum absolute atomic E-state index is 0.103. The van der Waals surface area contributed by atoms with Crippen LogP contribution in [-0.4, -0.2) is 23.9 Å². The Bertz CT molecular complexity index is 239. The van der Waals surface area contributed by atoms with Crippen LogP contribution in [0, 0.1) is 5.92 Å². The van der Waals surface area contributed by atoms with Crippen molar-refractivity contribution in [3.63, 3.8) is 0 Å². The van der Waals surface area contributed by atoms with E-state index in [1.54, 1.807) is 6.92 Å². The number of hydrogen-bond donors (Lipinski definition) is 2. The number of ether oxygens (including phenoxy) is 1. The topological polar surface area (TPSA) is 55.4 Å². The van der Waals surface area contributed by atoms with E-state index in [-0.39, 0.29) is 11.8 Å². The van der Waals surface area contributed by atoms with Crippen LogP contribution in [0.5, 0.6) is 0 Å². The van der Waals surface area contributed by atoms with Gasteiger partial charge in [0.25, 0.3) is 6.47 Å². The highest BCUT2D eigenvalue weighted by atomic mass is 32.1. The van der Waals surface area contributed by atoms with E-state index in [0.717, 1.165) is 12.8 Å². The zero-order valence-electron chi connectivity index (χ0n) is 8.86. The van der Waals surface area contributed by atoms with Crippen molar-refractivity contribution in [2.24, 2.45) is 5.92 Å². The van der Waals surface area contributed by atoms with Crippen LogP contribution >= 0.6 is 12.6 Å². The molecule has 1 atom stereocenters.